The highest BCUT2D eigenvalue weighted by molar-refractivity contribution is 7.80. The Bertz CT molecular complexity index is 246. The quantitative estimate of drug-likeness (QED) is 0.584. The van der Waals surface area contributed by atoms with Gasteiger partial charge in [-0.3, -0.25) is 0 Å². The molecule has 0 aromatic heterocycles. The highest BCUT2D eigenvalue weighted by Gasteiger charge is 1.99. The Balaban J connectivity index is 0.000000292. The zero-order valence-corrected chi connectivity index (χ0v) is 8.49. The number of halogens is 2. The highest BCUT2D eigenvalue weighted by atomic mass is 35.7. The summed E-state index contributed by atoms with van der Waals surface area (Å²) in [4.78, 5) is 0. The van der Waals surface area contributed by atoms with Crippen LogP contribution in [0.3, 0.4) is 0 Å². The maximum atomic E-state index is 12.3. The number of rotatable bonds is 1. The van der Waals surface area contributed by atoms with E-state index >= 15 is 0 Å². The topological polar surface area (TPSA) is 89.4 Å². The van der Waals surface area contributed by atoms with Gasteiger partial charge < -0.3 is 0 Å². The Labute approximate surface area is 87.8 Å². The molecule has 0 heterocycles. The largest absolute Gasteiger partial charge is 0.231 e. The number of benzene rings is 1. The molecule has 0 saturated heterocycles. The lowest BCUT2D eigenvalue weighted by molar-refractivity contribution is -1.92. The molecule has 1 aromatic carbocycles. The maximum Gasteiger partial charge on any atom is 0.168 e. The lowest BCUT2D eigenvalue weighted by Gasteiger charge is -2.03. The van der Waals surface area contributed by atoms with E-state index in [0.29, 0.717) is 5.56 Å². The van der Waals surface area contributed by atoms with Crippen LogP contribution in [0.25, 0.3) is 0 Å². The first kappa shape index (κ1) is 13.6. The Morgan fingerprint density at radius 3 is 1.79 bits per heavy atom. The lowest BCUT2D eigenvalue weighted by Crippen LogP contribution is -2.58. The minimum absolute atomic E-state index is 0.612. The molecule has 0 radical (unpaired) electrons. The molecule has 80 valence electrons. The van der Waals surface area contributed by atoms with E-state index in [4.69, 9.17) is 18.6 Å². The van der Waals surface area contributed by atoms with E-state index in [9.17, 15) is 4.39 Å². The highest BCUT2D eigenvalue weighted by Crippen LogP contribution is 2.19. The van der Waals surface area contributed by atoms with Gasteiger partial charge in [-0.1, -0.05) is 30.3 Å². The number of hydrogen-bond acceptors (Lipinski definition) is 5. The number of alkyl halides is 1. The lowest BCUT2D eigenvalue weighted by atomic mass is 10.2. The molecule has 7 heteroatoms. The first-order valence-electron chi connectivity index (χ1n) is 3.31. The van der Waals surface area contributed by atoms with Crippen LogP contribution in [0.5, 0.6) is 0 Å². The predicted octanol–water partition coefficient (Wildman–Crippen LogP) is -1.54. The molecule has 0 aliphatic carbocycles. The van der Waals surface area contributed by atoms with Gasteiger partial charge in [0.2, 0.25) is 0 Å². The van der Waals surface area contributed by atoms with Crippen molar-refractivity contribution in [3.05, 3.63) is 35.9 Å². The first-order valence-corrected chi connectivity index (χ1v) is 5.09. The second-order valence-corrected chi connectivity index (χ2v) is 3.39. The van der Waals surface area contributed by atoms with E-state index in [1.165, 1.54) is 0 Å². The smallest absolute Gasteiger partial charge is 0.168 e. The summed E-state index contributed by atoms with van der Waals surface area (Å²) in [6, 6.07) is 8.84. The van der Waals surface area contributed by atoms with Crippen molar-refractivity contribution in [2.24, 2.45) is 0 Å². The van der Waals surface area contributed by atoms with Gasteiger partial charge in [0.1, 0.15) is 0 Å². The van der Waals surface area contributed by atoms with E-state index < -0.39 is 15.7 Å². The van der Waals surface area contributed by atoms with Gasteiger partial charge >= 0.3 is 0 Å². The Kier molecular flexibility index (Phi) is 6.01. The zero-order chi connectivity index (χ0) is 11.2. The molecule has 0 spiro atoms. The third-order valence-corrected chi connectivity index (χ3v) is 1.37. The van der Waals surface area contributed by atoms with Gasteiger partial charge in [0, 0.05) is 0 Å². The van der Waals surface area contributed by atoms with Crippen molar-refractivity contribution >= 4 is 12.6 Å². The van der Waals surface area contributed by atoms with Crippen LogP contribution in [-0.2, 0) is 0 Å². The first-order chi connectivity index (χ1) is 6.30. The molecule has 1 atom stereocenters. The molecule has 1 rings (SSSR count). The molecule has 0 aliphatic heterocycles. The van der Waals surface area contributed by atoms with Crippen LogP contribution in [0.4, 0.5) is 4.39 Å². The van der Waals surface area contributed by atoms with Gasteiger partial charge in [0.15, 0.2) is 5.50 Å². The molecule has 1 aromatic rings. The maximum absolute atomic E-state index is 12.3. The van der Waals surface area contributed by atoms with Gasteiger partial charge in [-0.15, -0.1) is 12.6 Å². The van der Waals surface area contributed by atoms with E-state index in [1.54, 1.807) is 24.3 Å². The van der Waals surface area contributed by atoms with Crippen LogP contribution >= 0.6 is 12.6 Å². The summed E-state index contributed by atoms with van der Waals surface area (Å²) in [5, 5.41) is 0. The van der Waals surface area contributed by atoms with Crippen molar-refractivity contribution in [1.82, 2.24) is 0 Å². The third-order valence-electron chi connectivity index (χ3n) is 1.07. The molecule has 1 N–H and O–H groups in total. The molecule has 0 fully saturated rings. The minimum Gasteiger partial charge on any atom is -0.231 e. The summed E-state index contributed by atoms with van der Waals surface area (Å²) >= 11 is 3.62. The average Bonchev–Trinajstić information content (AvgIpc) is 2.03. The number of hydrogen-bond donors (Lipinski definition) is 2. The number of thiol groups is 1. The fourth-order valence-electron chi connectivity index (χ4n) is 0.612. The fraction of sp³-hybridized carbons (Fsp3) is 0.143. The second-order valence-electron chi connectivity index (χ2n) is 2.14. The van der Waals surface area contributed by atoms with E-state index in [0.717, 1.165) is 0 Å². The van der Waals surface area contributed by atoms with Crippen molar-refractivity contribution in [1.29, 1.82) is 0 Å². The van der Waals surface area contributed by atoms with E-state index in [1.807, 2.05) is 6.07 Å². The average molecular weight is 243 g/mol. The van der Waals surface area contributed by atoms with E-state index in [2.05, 4.69) is 12.6 Å². The van der Waals surface area contributed by atoms with Gasteiger partial charge in [0.05, 0.1) is 14.9 Å². The van der Waals surface area contributed by atoms with Crippen LogP contribution in [0.15, 0.2) is 30.3 Å². The van der Waals surface area contributed by atoms with Gasteiger partial charge in [-0.2, -0.15) is 14.0 Å². The van der Waals surface area contributed by atoms with Crippen LogP contribution in [0, 0.1) is 10.2 Å². The molecule has 4 nitrogen and oxygen atoms in total. The van der Waals surface area contributed by atoms with Gasteiger partial charge in [-0.05, 0) is 5.56 Å². The molecule has 0 saturated carbocycles. The zero-order valence-electron chi connectivity index (χ0n) is 6.84. The molecular weight excluding hydrogens is 235 g/mol. The molecular formula is C7H8ClFO4S. The summed E-state index contributed by atoms with van der Waals surface area (Å²) in [6.45, 7) is 0. The Morgan fingerprint density at radius 2 is 1.57 bits per heavy atom. The van der Waals surface area contributed by atoms with Crippen molar-refractivity contribution in [2.75, 3.05) is 0 Å². The normalized spacial score (nSPS) is 12.7. The summed E-state index contributed by atoms with van der Waals surface area (Å²) in [5.41, 5.74) is -0.535. The molecule has 14 heavy (non-hydrogen) atoms. The third kappa shape index (κ3) is 9.72. The second kappa shape index (κ2) is 6.18. The SMILES string of the molecule is FC(S)c1ccccc1.[O-][Cl+3]([O-])([O-])O. The van der Waals surface area contributed by atoms with Crippen molar-refractivity contribution < 1.29 is 33.3 Å². The Morgan fingerprint density at radius 1 is 1.21 bits per heavy atom. The fourth-order valence-corrected chi connectivity index (χ4v) is 0.784. The van der Waals surface area contributed by atoms with Gasteiger partial charge in [-0.25, -0.2) is 4.39 Å². The minimum atomic E-state index is -4.69. The summed E-state index contributed by atoms with van der Waals surface area (Å²) in [5.74, 6) is 0. The molecule has 0 aliphatic rings. The standard InChI is InChI=1S/C7H7FS.ClHO4/c8-7(9)6-4-2-1-3-5-6;2-1(3,4)5/h1-5,7,9H;(H,2,3,4,5). The van der Waals surface area contributed by atoms with E-state index in [-0.39, 0.29) is 0 Å². The van der Waals surface area contributed by atoms with Crippen LogP contribution in [0.1, 0.15) is 11.1 Å². The predicted molar refractivity (Wildman–Crippen MR) is 41.5 cm³/mol. The summed E-state index contributed by atoms with van der Waals surface area (Å²) in [7, 11) is -4.69. The molecule has 0 bridgehead atoms. The van der Waals surface area contributed by atoms with Crippen LogP contribution in [-0.4, -0.2) is 4.66 Å². The van der Waals surface area contributed by atoms with Gasteiger partial charge in [0.25, 0.3) is 0 Å². The van der Waals surface area contributed by atoms with Crippen LogP contribution in [0.2, 0.25) is 0 Å². The molecule has 0 amide bonds. The van der Waals surface area contributed by atoms with Crippen molar-refractivity contribution in [3.63, 3.8) is 0 Å². The molecule has 1 unspecified atom stereocenters. The monoisotopic (exact) mass is 242 g/mol. The summed E-state index contributed by atoms with van der Waals surface area (Å²) < 4.78 is 45.0. The van der Waals surface area contributed by atoms with Crippen molar-refractivity contribution in [3.8, 4) is 0 Å². The Hall–Kier alpha value is -0.370. The van der Waals surface area contributed by atoms with Crippen LogP contribution < -0.4 is 14.0 Å². The van der Waals surface area contributed by atoms with Crippen molar-refractivity contribution in [2.45, 2.75) is 5.50 Å². The summed E-state index contributed by atoms with van der Waals surface area (Å²) in [6.07, 6.45) is 0.